The standard InChI is InChI=1S/C12H23N5O4/c1-11(2,9(19)13-5-6-15-21)16-17-12(3,4)10(20)14-7-8-18/h18H,5-8H2,1-4H3,(H,13,19)(H,14,20)/b17-16+. The highest BCUT2D eigenvalue weighted by Crippen LogP contribution is 2.16. The Morgan fingerprint density at radius 3 is 1.76 bits per heavy atom. The van der Waals surface area contributed by atoms with Gasteiger partial charge in [-0.1, -0.05) is 5.18 Å². The lowest BCUT2D eigenvalue weighted by Crippen LogP contribution is -2.44. The van der Waals surface area contributed by atoms with E-state index in [1.807, 2.05) is 0 Å². The fourth-order valence-electron chi connectivity index (χ4n) is 1.16. The lowest BCUT2D eigenvalue weighted by molar-refractivity contribution is -0.127. The molecule has 9 heteroatoms. The van der Waals surface area contributed by atoms with Crippen molar-refractivity contribution in [2.75, 3.05) is 26.2 Å². The molecule has 0 atom stereocenters. The zero-order chi connectivity index (χ0) is 16.5. The van der Waals surface area contributed by atoms with Crippen molar-refractivity contribution in [1.82, 2.24) is 10.6 Å². The molecule has 3 N–H and O–H groups in total. The zero-order valence-electron chi connectivity index (χ0n) is 12.8. The fraction of sp³-hybridized carbons (Fsp3) is 0.833. The molecule has 0 saturated heterocycles. The first kappa shape index (κ1) is 19.1. The van der Waals surface area contributed by atoms with E-state index in [9.17, 15) is 14.5 Å². The number of nitrogens with one attached hydrogen (secondary N) is 2. The van der Waals surface area contributed by atoms with Crippen LogP contribution in [0.2, 0.25) is 0 Å². The number of nitrogens with zero attached hydrogens (tertiary/aromatic N) is 3. The highest BCUT2D eigenvalue weighted by molar-refractivity contribution is 5.86. The minimum atomic E-state index is -1.17. The summed E-state index contributed by atoms with van der Waals surface area (Å²) in [6, 6.07) is 0. The molecule has 0 aromatic rings. The molecule has 2 amide bonds. The van der Waals surface area contributed by atoms with Crippen LogP contribution >= 0.6 is 0 Å². The quantitative estimate of drug-likeness (QED) is 0.314. The first-order valence-corrected chi connectivity index (χ1v) is 6.58. The summed E-state index contributed by atoms with van der Waals surface area (Å²) in [5, 5.41) is 24.1. The molecule has 0 aromatic heterocycles. The number of azo groups is 1. The number of amides is 2. The first-order valence-electron chi connectivity index (χ1n) is 6.58. The van der Waals surface area contributed by atoms with E-state index in [0.29, 0.717) is 0 Å². The van der Waals surface area contributed by atoms with E-state index in [2.05, 4.69) is 26.0 Å². The molecule has 0 aliphatic carbocycles. The van der Waals surface area contributed by atoms with Gasteiger partial charge in [-0.25, -0.2) is 0 Å². The monoisotopic (exact) mass is 301 g/mol. The predicted molar refractivity (Wildman–Crippen MR) is 76.8 cm³/mol. The number of hydrogen-bond acceptors (Lipinski definition) is 7. The number of rotatable bonds is 9. The smallest absolute Gasteiger partial charge is 0.249 e. The lowest BCUT2D eigenvalue weighted by atomic mass is 10.0. The van der Waals surface area contributed by atoms with Gasteiger partial charge in [0.1, 0.15) is 0 Å². The fourth-order valence-corrected chi connectivity index (χ4v) is 1.16. The lowest BCUT2D eigenvalue weighted by Gasteiger charge is -2.21. The SMILES string of the molecule is CC(C)(/N=N/C(C)(C)C(=O)NCCN=O)C(=O)NCCO. The van der Waals surface area contributed by atoms with Gasteiger partial charge in [-0.15, -0.1) is 0 Å². The van der Waals surface area contributed by atoms with E-state index < -0.39 is 22.9 Å². The average Bonchev–Trinajstić information content (AvgIpc) is 2.42. The molecule has 0 aromatic carbocycles. The van der Waals surface area contributed by atoms with Crippen molar-refractivity contribution in [2.24, 2.45) is 15.4 Å². The van der Waals surface area contributed by atoms with Crippen LogP contribution in [0.1, 0.15) is 27.7 Å². The maximum absolute atomic E-state index is 11.9. The van der Waals surface area contributed by atoms with Crippen LogP contribution in [0.3, 0.4) is 0 Å². The number of aliphatic hydroxyl groups is 1. The molecular formula is C12H23N5O4. The molecule has 0 fully saturated rings. The summed E-state index contributed by atoms with van der Waals surface area (Å²) in [5.74, 6) is -0.817. The maximum Gasteiger partial charge on any atom is 0.249 e. The van der Waals surface area contributed by atoms with E-state index in [1.54, 1.807) is 27.7 Å². The van der Waals surface area contributed by atoms with Crippen LogP contribution in [0.15, 0.2) is 15.4 Å². The number of nitroso groups, excluding NO2 is 1. The first-order chi connectivity index (χ1) is 9.67. The van der Waals surface area contributed by atoms with Gasteiger partial charge in [0.05, 0.1) is 13.2 Å². The van der Waals surface area contributed by atoms with E-state index in [1.165, 1.54) is 0 Å². The largest absolute Gasteiger partial charge is 0.395 e. The summed E-state index contributed by atoms with van der Waals surface area (Å²) >= 11 is 0. The zero-order valence-corrected chi connectivity index (χ0v) is 12.8. The van der Waals surface area contributed by atoms with Crippen LogP contribution in [0, 0.1) is 4.91 Å². The number of aliphatic hydroxyl groups excluding tert-OH is 1. The Kier molecular flexibility index (Phi) is 7.64. The molecule has 0 aliphatic heterocycles. The Morgan fingerprint density at radius 1 is 0.952 bits per heavy atom. The van der Waals surface area contributed by atoms with E-state index in [0.717, 1.165) is 0 Å². The van der Waals surface area contributed by atoms with Crippen LogP contribution < -0.4 is 10.6 Å². The highest BCUT2D eigenvalue weighted by Gasteiger charge is 2.31. The third-order valence-electron chi connectivity index (χ3n) is 2.55. The molecule has 21 heavy (non-hydrogen) atoms. The molecule has 0 bridgehead atoms. The molecule has 0 heterocycles. The van der Waals surface area contributed by atoms with Crippen molar-refractivity contribution in [3.05, 3.63) is 4.91 Å². The minimum absolute atomic E-state index is 0.0198. The molecule has 0 spiro atoms. The Hall–Kier alpha value is -1.90. The van der Waals surface area contributed by atoms with E-state index in [4.69, 9.17) is 5.11 Å². The van der Waals surface area contributed by atoms with Gasteiger partial charge in [-0.3, -0.25) is 9.59 Å². The number of carbonyl (C=O) groups excluding carboxylic acids is 2. The van der Waals surface area contributed by atoms with Crippen LogP contribution in [-0.2, 0) is 9.59 Å². The summed E-state index contributed by atoms with van der Waals surface area (Å²) in [4.78, 5) is 33.6. The van der Waals surface area contributed by atoms with Gasteiger partial charge >= 0.3 is 0 Å². The second-order valence-corrected chi connectivity index (χ2v) is 5.41. The van der Waals surface area contributed by atoms with Crippen molar-refractivity contribution in [1.29, 1.82) is 0 Å². The molecule has 0 radical (unpaired) electrons. The van der Waals surface area contributed by atoms with Crippen LogP contribution in [0.25, 0.3) is 0 Å². The normalized spacial score (nSPS) is 12.2. The Bertz CT molecular complexity index is 406. The minimum Gasteiger partial charge on any atom is -0.395 e. The van der Waals surface area contributed by atoms with Crippen LogP contribution in [0.5, 0.6) is 0 Å². The van der Waals surface area contributed by atoms with Gasteiger partial charge in [-0.2, -0.15) is 15.1 Å². The third kappa shape index (κ3) is 6.89. The van der Waals surface area contributed by atoms with Crippen LogP contribution in [-0.4, -0.2) is 54.2 Å². The molecule has 0 unspecified atom stereocenters. The van der Waals surface area contributed by atoms with Gasteiger partial charge in [0.2, 0.25) is 11.8 Å². The number of hydrogen-bond donors (Lipinski definition) is 3. The summed E-state index contributed by atoms with van der Waals surface area (Å²) in [6.07, 6.45) is 0. The second-order valence-electron chi connectivity index (χ2n) is 5.41. The van der Waals surface area contributed by atoms with Crippen molar-refractivity contribution >= 4 is 11.8 Å². The average molecular weight is 301 g/mol. The molecule has 0 saturated carbocycles. The third-order valence-corrected chi connectivity index (χ3v) is 2.55. The Balaban J connectivity index is 4.69. The summed E-state index contributed by atoms with van der Waals surface area (Å²) in [5.41, 5.74) is -2.32. The molecular weight excluding hydrogens is 278 g/mol. The van der Waals surface area contributed by atoms with Crippen molar-refractivity contribution in [2.45, 2.75) is 38.8 Å². The number of carbonyl (C=O) groups is 2. The molecule has 0 aliphatic rings. The van der Waals surface area contributed by atoms with Crippen LogP contribution in [0.4, 0.5) is 0 Å². The van der Waals surface area contributed by atoms with Gasteiger partial charge in [0, 0.05) is 13.1 Å². The molecule has 9 nitrogen and oxygen atoms in total. The molecule has 120 valence electrons. The van der Waals surface area contributed by atoms with Gasteiger partial charge in [-0.05, 0) is 27.7 Å². The Morgan fingerprint density at radius 2 is 1.38 bits per heavy atom. The maximum atomic E-state index is 11.9. The van der Waals surface area contributed by atoms with E-state index >= 15 is 0 Å². The second kappa shape index (κ2) is 8.40. The van der Waals surface area contributed by atoms with Gasteiger partial charge < -0.3 is 15.7 Å². The summed E-state index contributed by atoms with van der Waals surface area (Å²) < 4.78 is 0. The van der Waals surface area contributed by atoms with Gasteiger partial charge in [0.25, 0.3) is 0 Å². The predicted octanol–water partition coefficient (Wildman–Crippen LogP) is -0.0131. The Labute approximate surface area is 123 Å². The summed E-state index contributed by atoms with van der Waals surface area (Å²) in [7, 11) is 0. The van der Waals surface area contributed by atoms with Crippen molar-refractivity contribution in [3.63, 3.8) is 0 Å². The molecule has 0 rings (SSSR count). The van der Waals surface area contributed by atoms with Crippen molar-refractivity contribution in [3.8, 4) is 0 Å². The topological polar surface area (TPSA) is 133 Å². The highest BCUT2D eigenvalue weighted by atomic mass is 16.3. The van der Waals surface area contributed by atoms with E-state index in [-0.39, 0.29) is 26.2 Å². The van der Waals surface area contributed by atoms with Gasteiger partial charge in [0.15, 0.2) is 11.1 Å². The summed E-state index contributed by atoms with van der Waals surface area (Å²) in [6.45, 7) is 6.25. The van der Waals surface area contributed by atoms with Crippen molar-refractivity contribution < 1.29 is 14.7 Å².